The summed E-state index contributed by atoms with van der Waals surface area (Å²) in [4.78, 5) is 4.62. The van der Waals surface area contributed by atoms with E-state index in [1.54, 1.807) is 0 Å². The summed E-state index contributed by atoms with van der Waals surface area (Å²) < 4.78 is 17.7. The molecule has 2 aromatic rings. The first-order valence-electron chi connectivity index (χ1n) is 7.73. The van der Waals surface area contributed by atoms with Crippen LogP contribution in [0.1, 0.15) is 13.8 Å². The predicted molar refractivity (Wildman–Crippen MR) is 90.0 cm³/mol. The summed E-state index contributed by atoms with van der Waals surface area (Å²) in [5, 5.41) is 1.73. The summed E-state index contributed by atoms with van der Waals surface area (Å²) in [5.74, 6) is 1.45. The van der Waals surface area contributed by atoms with Gasteiger partial charge in [-0.2, -0.15) is 0 Å². The van der Waals surface area contributed by atoms with Crippen molar-refractivity contribution in [3.63, 3.8) is 0 Å². The molecule has 0 saturated carbocycles. The van der Waals surface area contributed by atoms with Gasteiger partial charge in [0.15, 0.2) is 11.5 Å². The smallest absolute Gasteiger partial charge is 0.453 e. The van der Waals surface area contributed by atoms with Crippen LogP contribution >= 0.6 is 0 Å². The van der Waals surface area contributed by atoms with Crippen LogP contribution in [0.3, 0.4) is 0 Å². The third-order valence-electron chi connectivity index (χ3n) is 3.99. The summed E-state index contributed by atoms with van der Waals surface area (Å²) in [6, 6.07) is 11.6. The maximum absolute atomic E-state index is 5.99. The normalized spacial score (nSPS) is 18.4. The molecule has 2 heterocycles. The maximum atomic E-state index is 5.99. The molecule has 4 nitrogen and oxygen atoms in total. The summed E-state index contributed by atoms with van der Waals surface area (Å²) in [6.45, 7) is 9.54. The molecule has 0 atom stereocenters. The molecular weight excluding hydrogens is 289 g/mol. The van der Waals surface area contributed by atoms with Crippen molar-refractivity contribution in [2.24, 2.45) is 10.4 Å². The van der Waals surface area contributed by atoms with Crippen LogP contribution in [0.15, 0.2) is 41.4 Å². The minimum Gasteiger partial charge on any atom is -0.453 e. The Labute approximate surface area is 135 Å². The molecule has 2 aromatic carbocycles. The van der Waals surface area contributed by atoms with Crippen LogP contribution in [0.2, 0.25) is 0 Å². The Morgan fingerprint density at radius 2 is 1.83 bits per heavy atom. The van der Waals surface area contributed by atoms with Gasteiger partial charge in [0.25, 0.3) is 0 Å². The molecule has 0 unspecified atom stereocenters. The highest BCUT2D eigenvalue weighted by Gasteiger charge is 2.34. The molecule has 0 bridgehead atoms. The summed E-state index contributed by atoms with van der Waals surface area (Å²) in [6.07, 6.45) is 0. The van der Waals surface area contributed by atoms with E-state index >= 15 is 0 Å². The minimum atomic E-state index is -0.350. The zero-order chi connectivity index (χ0) is 16.0. The molecule has 5 heteroatoms. The Morgan fingerprint density at radius 3 is 2.61 bits per heavy atom. The number of hydrogen-bond acceptors (Lipinski definition) is 4. The Kier molecular flexibility index (Phi) is 3.29. The van der Waals surface area contributed by atoms with Crippen molar-refractivity contribution in [3.05, 3.63) is 47.0 Å². The van der Waals surface area contributed by atoms with Crippen molar-refractivity contribution < 1.29 is 14.0 Å². The Bertz CT molecular complexity index is 868. The van der Waals surface area contributed by atoms with Gasteiger partial charge in [-0.05, 0) is 34.9 Å². The van der Waals surface area contributed by atoms with Crippen molar-refractivity contribution in [3.8, 4) is 11.5 Å². The van der Waals surface area contributed by atoms with Gasteiger partial charge in [0.2, 0.25) is 0 Å². The topological polar surface area (TPSA) is 40.0 Å². The van der Waals surface area contributed by atoms with E-state index in [0.717, 1.165) is 33.2 Å². The minimum absolute atomic E-state index is 0.0556. The molecule has 2 aliphatic rings. The van der Waals surface area contributed by atoms with Gasteiger partial charge >= 0.3 is 7.12 Å². The second-order valence-electron chi connectivity index (χ2n) is 6.86. The fraction of sp³-hybridized carbons (Fsp3) is 0.278. The molecule has 1 fully saturated rings. The fourth-order valence-corrected chi connectivity index (χ4v) is 2.72. The summed E-state index contributed by atoms with van der Waals surface area (Å²) in [7, 11) is -0.350. The standard InChI is InChI=1S/C18H18BNO3/c1-12-4-6-14-16(8-12)23-17-9-13(5-7-15(17)20-14)19-21-10-18(2,3)11-22-19/h4-9H,1,10-11H2,2-3H3. The molecule has 0 radical (unpaired) electrons. The summed E-state index contributed by atoms with van der Waals surface area (Å²) in [5.41, 5.74) is 1.82. The molecule has 2 aliphatic heterocycles. The van der Waals surface area contributed by atoms with Gasteiger partial charge in [-0.25, -0.2) is 4.99 Å². The molecule has 116 valence electrons. The Hall–Kier alpha value is -2.11. The van der Waals surface area contributed by atoms with Crippen LogP contribution in [0.4, 0.5) is 5.69 Å². The van der Waals surface area contributed by atoms with Crippen LogP contribution in [-0.4, -0.2) is 20.3 Å². The monoisotopic (exact) mass is 307 g/mol. The molecule has 0 amide bonds. The molecule has 1 saturated heterocycles. The van der Waals surface area contributed by atoms with Crippen molar-refractivity contribution in [2.75, 3.05) is 13.2 Å². The number of rotatable bonds is 1. The van der Waals surface area contributed by atoms with Crippen LogP contribution < -0.4 is 20.8 Å². The lowest BCUT2D eigenvalue weighted by atomic mass is 9.75. The van der Waals surface area contributed by atoms with E-state index in [9.17, 15) is 0 Å². The van der Waals surface area contributed by atoms with E-state index in [0.29, 0.717) is 13.2 Å². The first kappa shape index (κ1) is 14.5. The third-order valence-corrected chi connectivity index (χ3v) is 3.99. The van der Waals surface area contributed by atoms with Crippen LogP contribution in [0, 0.1) is 5.41 Å². The van der Waals surface area contributed by atoms with Crippen molar-refractivity contribution in [1.82, 2.24) is 0 Å². The first-order chi connectivity index (χ1) is 11.0. The van der Waals surface area contributed by atoms with E-state index in [2.05, 4.69) is 25.4 Å². The van der Waals surface area contributed by atoms with Gasteiger partial charge in [-0.1, -0.05) is 32.6 Å². The summed E-state index contributed by atoms with van der Waals surface area (Å²) >= 11 is 0. The third kappa shape index (κ3) is 2.78. The lowest BCUT2D eigenvalue weighted by molar-refractivity contribution is 0.0343. The predicted octanol–water partition coefficient (Wildman–Crippen LogP) is 1.92. The Morgan fingerprint density at radius 1 is 1.04 bits per heavy atom. The first-order valence-corrected chi connectivity index (χ1v) is 7.73. The second kappa shape index (κ2) is 5.22. The van der Waals surface area contributed by atoms with E-state index in [4.69, 9.17) is 14.0 Å². The van der Waals surface area contributed by atoms with Crippen LogP contribution in [-0.2, 0) is 9.31 Å². The molecule has 0 N–H and O–H groups in total. The molecule has 23 heavy (non-hydrogen) atoms. The fourth-order valence-electron chi connectivity index (χ4n) is 2.72. The molecule has 4 rings (SSSR count). The van der Waals surface area contributed by atoms with Crippen molar-refractivity contribution in [1.29, 1.82) is 0 Å². The van der Waals surface area contributed by atoms with Gasteiger partial charge in [0.1, 0.15) is 11.0 Å². The maximum Gasteiger partial charge on any atom is 0.494 e. The van der Waals surface area contributed by atoms with Crippen LogP contribution in [0.25, 0.3) is 6.58 Å². The van der Waals surface area contributed by atoms with Crippen molar-refractivity contribution in [2.45, 2.75) is 13.8 Å². The number of fused-ring (bicyclic) bond motifs is 2. The lowest BCUT2D eigenvalue weighted by Gasteiger charge is -2.33. The molecule has 0 aromatic heterocycles. The Balaban J connectivity index is 1.66. The van der Waals surface area contributed by atoms with Gasteiger partial charge in [0, 0.05) is 18.6 Å². The highest BCUT2D eigenvalue weighted by molar-refractivity contribution is 6.61. The van der Waals surface area contributed by atoms with E-state index < -0.39 is 0 Å². The number of ether oxygens (including phenoxy) is 1. The van der Waals surface area contributed by atoms with E-state index in [1.165, 1.54) is 0 Å². The second-order valence-corrected chi connectivity index (χ2v) is 6.86. The van der Waals surface area contributed by atoms with Crippen LogP contribution in [0.5, 0.6) is 11.5 Å². The number of benzene rings is 2. The molecule has 0 spiro atoms. The largest absolute Gasteiger partial charge is 0.494 e. The SMILES string of the molecule is C=c1ccc2c(c1)Oc1cc(B3OCC(C)(C)CO3)ccc1N=2. The van der Waals surface area contributed by atoms with Gasteiger partial charge in [-0.15, -0.1) is 0 Å². The average Bonchev–Trinajstić information content (AvgIpc) is 2.52. The van der Waals surface area contributed by atoms with Gasteiger partial charge < -0.3 is 14.0 Å². The molecule has 0 aliphatic carbocycles. The van der Waals surface area contributed by atoms with E-state index in [-0.39, 0.29) is 12.5 Å². The van der Waals surface area contributed by atoms with Crippen molar-refractivity contribution >= 4 is 24.8 Å². The van der Waals surface area contributed by atoms with E-state index in [1.807, 2.05) is 36.4 Å². The molecular formula is C18H18BNO3. The van der Waals surface area contributed by atoms with Gasteiger partial charge in [-0.3, -0.25) is 0 Å². The number of hydrogen-bond donors (Lipinski definition) is 0. The zero-order valence-corrected chi connectivity index (χ0v) is 13.3. The quantitative estimate of drug-likeness (QED) is 0.645. The zero-order valence-electron chi connectivity index (χ0n) is 13.3. The lowest BCUT2D eigenvalue weighted by Crippen LogP contribution is -2.47. The average molecular weight is 307 g/mol. The highest BCUT2D eigenvalue weighted by Crippen LogP contribution is 2.32. The number of nitrogens with zero attached hydrogens (tertiary/aromatic N) is 1. The highest BCUT2D eigenvalue weighted by atomic mass is 16.6. The van der Waals surface area contributed by atoms with Gasteiger partial charge in [0.05, 0.1) is 0 Å².